The fourth-order valence-electron chi connectivity index (χ4n) is 2.49. The van der Waals surface area contributed by atoms with Crippen LogP contribution in [0.1, 0.15) is 37.5 Å². The summed E-state index contributed by atoms with van der Waals surface area (Å²) in [6.45, 7) is 13.1. The van der Waals surface area contributed by atoms with Crippen LogP contribution in [0.5, 0.6) is 0 Å². The second-order valence-electron chi connectivity index (χ2n) is 6.92. The zero-order valence-corrected chi connectivity index (χ0v) is 13.9. The molecule has 1 heterocycles. The molecule has 0 fully saturated rings. The number of rotatable bonds is 5. The van der Waals surface area contributed by atoms with Crippen molar-refractivity contribution in [1.82, 2.24) is 14.9 Å². The highest BCUT2D eigenvalue weighted by atomic mass is 15.1. The summed E-state index contributed by atoms with van der Waals surface area (Å²) in [7, 11) is 0. The van der Waals surface area contributed by atoms with Crippen LogP contribution < -0.4 is 5.32 Å². The Balaban J connectivity index is 2.07. The van der Waals surface area contributed by atoms with Gasteiger partial charge < -0.3 is 9.88 Å². The Bertz CT molecular complexity index is 565. The zero-order chi connectivity index (χ0) is 15.5. The van der Waals surface area contributed by atoms with Gasteiger partial charge in [0.25, 0.3) is 0 Å². The molecule has 1 atom stereocenters. The molecule has 1 unspecified atom stereocenters. The summed E-state index contributed by atoms with van der Waals surface area (Å²) in [5, 5.41) is 3.73. The molecule has 114 valence electrons. The first kappa shape index (κ1) is 15.8. The van der Waals surface area contributed by atoms with Gasteiger partial charge in [0.1, 0.15) is 0 Å². The smallest absolute Gasteiger partial charge is 0.0946 e. The van der Waals surface area contributed by atoms with Crippen molar-refractivity contribution in [2.75, 3.05) is 0 Å². The predicted octanol–water partition coefficient (Wildman–Crippen LogP) is 3.70. The number of nitrogens with zero attached hydrogens (tertiary/aromatic N) is 2. The molecule has 0 aliphatic rings. The highest BCUT2D eigenvalue weighted by Gasteiger charge is 2.24. The van der Waals surface area contributed by atoms with Crippen molar-refractivity contribution in [2.45, 2.75) is 53.8 Å². The van der Waals surface area contributed by atoms with Gasteiger partial charge in [-0.15, -0.1) is 0 Å². The van der Waals surface area contributed by atoms with Gasteiger partial charge in [-0.25, -0.2) is 4.98 Å². The molecule has 3 heteroatoms. The predicted molar refractivity (Wildman–Crippen MR) is 88.2 cm³/mol. The van der Waals surface area contributed by atoms with Gasteiger partial charge in [-0.05, 0) is 36.0 Å². The number of benzene rings is 1. The fourth-order valence-corrected chi connectivity index (χ4v) is 2.49. The third kappa shape index (κ3) is 4.18. The minimum atomic E-state index is 0.196. The molecule has 0 aliphatic heterocycles. The van der Waals surface area contributed by atoms with Gasteiger partial charge in [0.15, 0.2) is 0 Å². The minimum Gasteiger partial charge on any atom is -0.336 e. The van der Waals surface area contributed by atoms with E-state index in [0.29, 0.717) is 6.04 Å². The van der Waals surface area contributed by atoms with Crippen LogP contribution >= 0.6 is 0 Å². The van der Waals surface area contributed by atoms with Crippen molar-refractivity contribution in [3.63, 3.8) is 0 Å². The molecule has 1 aromatic heterocycles. The number of imidazole rings is 1. The van der Waals surface area contributed by atoms with E-state index < -0.39 is 0 Å². The Morgan fingerprint density at radius 2 is 2.00 bits per heavy atom. The Hall–Kier alpha value is -1.61. The number of aromatic nitrogens is 2. The Morgan fingerprint density at radius 3 is 2.62 bits per heavy atom. The van der Waals surface area contributed by atoms with Crippen molar-refractivity contribution >= 4 is 0 Å². The molecular weight excluding hydrogens is 258 g/mol. The lowest BCUT2D eigenvalue weighted by atomic mass is 9.86. The number of aryl methyl sites for hydroxylation is 1. The van der Waals surface area contributed by atoms with E-state index in [4.69, 9.17) is 0 Å². The van der Waals surface area contributed by atoms with E-state index in [1.807, 2.05) is 18.7 Å². The highest BCUT2D eigenvalue weighted by molar-refractivity contribution is 5.33. The molecule has 1 N–H and O–H groups in total. The molecule has 0 aliphatic carbocycles. The monoisotopic (exact) mass is 285 g/mol. The maximum Gasteiger partial charge on any atom is 0.0946 e. The van der Waals surface area contributed by atoms with E-state index in [1.165, 1.54) is 16.7 Å². The molecule has 3 nitrogen and oxygen atoms in total. The standard InChI is InChI=1S/C18H27N3/c1-14-7-6-8-16(15(14)2)11-20-17(18(3,4)5)12-21-10-9-19-13-21/h6-10,13,17,20H,11-12H2,1-5H3. The summed E-state index contributed by atoms with van der Waals surface area (Å²) < 4.78 is 2.14. The van der Waals surface area contributed by atoms with E-state index in [0.717, 1.165) is 13.1 Å². The van der Waals surface area contributed by atoms with Gasteiger partial charge in [-0.2, -0.15) is 0 Å². The fraction of sp³-hybridized carbons (Fsp3) is 0.500. The van der Waals surface area contributed by atoms with Gasteiger partial charge in [0.2, 0.25) is 0 Å². The van der Waals surface area contributed by atoms with E-state index in [9.17, 15) is 0 Å². The van der Waals surface area contributed by atoms with E-state index in [-0.39, 0.29) is 5.41 Å². The lowest BCUT2D eigenvalue weighted by molar-refractivity contribution is 0.240. The van der Waals surface area contributed by atoms with Crippen molar-refractivity contribution in [2.24, 2.45) is 5.41 Å². The van der Waals surface area contributed by atoms with Gasteiger partial charge in [-0.1, -0.05) is 39.0 Å². The third-order valence-electron chi connectivity index (χ3n) is 4.25. The maximum atomic E-state index is 4.14. The second kappa shape index (κ2) is 6.44. The molecule has 0 bridgehead atoms. The lowest BCUT2D eigenvalue weighted by Crippen LogP contribution is -2.43. The van der Waals surface area contributed by atoms with E-state index >= 15 is 0 Å². The van der Waals surface area contributed by atoms with Crippen molar-refractivity contribution < 1.29 is 0 Å². The highest BCUT2D eigenvalue weighted by Crippen LogP contribution is 2.22. The molecule has 21 heavy (non-hydrogen) atoms. The van der Waals surface area contributed by atoms with Crippen LogP contribution in [0.3, 0.4) is 0 Å². The third-order valence-corrected chi connectivity index (χ3v) is 4.25. The lowest BCUT2D eigenvalue weighted by Gasteiger charge is -2.32. The van der Waals surface area contributed by atoms with Crippen LogP contribution in [0.4, 0.5) is 0 Å². The molecule has 0 saturated heterocycles. The van der Waals surface area contributed by atoms with E-state index in [1.54, 1.807) is 0 Å². The van der Waals surface area contributed by atoms with Crippen LogP contribution in [-0.4, -0.2) is 15.6 Å². The Labute approximate surface area is 128 Å². The van der Waals surface area contributed by atoms with Crippen molar-refractivity contribution in [3.05, 3.63) is 53.6 Å². The second-order valence-corrected chi connectivity index (χ2v) is 6.92. The van der Waals surface area contributed by atoms with Gasteiger partial charge >= 0.3 is 0 Å². The summed E-state index contributed by atoms with van der Waals surface area (Å²) in [4.78, 5) is 4.14. The van der Waals surface area contributed by atoms with Crippen molar-refractivity contribution in [3.8, 4) is 0 Å². The molecule has 0 amide bonds. The number of nitrogens with one attached hydrogen (secondary N) is 1. The van der Waals surface area contributed by atoms with Crippen LogP contribution in [0, 0.1) is 19.3 Å². The zero-order valence-electron chi connectivity index (χ0n) is 13.9. The summed E-state index contributed by atoms with van der Waals surface area (Å²) in [5.74, 6) is 0. The first-order chi connectivity index (χ1) is 9.88. The SMILES string of the molecule is Cc1cccc(CNC(Cn2ccnc2)C(C)(C)C)c1C. The minimum absolute atomic E-state index is 0.196. The van der Waals surface area contributed by atoms with Crippen LogP contribution in [-0.2, 0) is 13.1 Å². The topological polar surface area (TPSA) is 29.9 Å². The molecule has 0 radical (unpaired) electrons. The quantitative estimate of drug-likeness (QED) is 0.907. The first-order valence-corrected chi connectivity index (χ1v) is 7.62. The Kier molecular flexibility index (Phi) is 4.84. The van der Waals surface area contributed by atoms with Gasteiger partial charge in [-0.3, -0.25) is 0 Å². The van der Waals surface area contributed by atoms with Gasteiger partial charge in [0, 0.05) is 31.5 Å². The molecule has 2 aromatic rings. The summed E-state index contributed by atoms with van der Waals surface area (Å²) in [5.41, 5.74) is 4.33. The number of hydrogen-bond donors (Lipinski definition) is 1. The average molecular weight is 285 g/mol. The molecule has 2 rings (SSSR count). The molecule has 0 saturated carbocycles. The maximum absolute atomic E-state index is 4.14. The van der Waals surface area contributed by atoms with Crippen molar-refractivity contribution in [1.29, 1.82) is 0 Å². The molecular formula is C18H27N3. The summed E-state index contributed by atoms with van der Waals surface area (Å²) in [6.07, 6.45) is 5.75. The Morgan fingerprint density at radius 1 is 1.24 bits per heavy atom. The largest absolute Gasteiger partial charge is 0.336 e. The molecule has 0 spiro atoms. The normalized spacial score (nSPS) is 13.4. The van der Waals surface area contributed by atoms with Crippen LogP contribution in [0.25, 0.3) is 0 Å². The average Bonchev–Trinajstić information content (AvgIpc) is 2.90. The molecule has 1 aromatic carbocycles. The van der Waals surface area contributed by atoms with E-state index in [2.05, 4.69) is 67.7 Å². The van der Waals surface area contributed by atoms with Gasteiger partial charge in [0.05, 0.1) is 6.33 Å². The summed E-state index contributed by atoms with van der Waals surface area (Å²) >= 11 is 0. The van der Waals surface area contributed by atoms with Crippen LogP contribution in [0.15, 0.2) is 36.9 Å². The first-order valence-electron chi connectivity index (χ1n) is 7.62. The van der Waals surface area contributed by atoms with Crippen LogP contribution in [0.2, 0.25) is 0 Å². The summed E-state index contributed by atoms with van der Waals surface area (Å²) in [6, 6.07) is 6.92. The number of hydrogen-bond acceptors (Lipinski definition) is 2.